The van der Waals surface area contributed by atoms with Crippen LogP contribution in [0.25, 0.3) is 44.8 Å². The number of likely N-dealkylation sites (N-methyl/N-ethyl adjacent to an activating group) is 1. The molecular weight excluding hydrogens is 394 g/mol. The summed E-state index contributed by atoms with van der Waals surface area (Å²) in [4.78, 5) is 34.7. The third kappa shape index (κ3) is 3.71. The molecular formula is C21H19N9O. The number of hydrogen-bond acceptors (Lipinski definition) is 7. The molecule has 0 unspecified atom stereocenters. The first-order valence-electron chi connectivity index (χ1n) is 9.62. The molecule has 0 radical (unpaired) electrons. The van der Waals surface area contributed by atoms with Gasteiger partial charge in [-0.15, -0.1) is 0 Å². The molecule has 0 atom stereocenters. The predicted octanol–water partition coefficient (Wildman–Crippen LogP) is 2.46. The van der Waals surface area contributed by atoms with Crippen LogP contribution in [0.5, 0.6) is 0 Å². The van der Waals surface area contributed by atoms with Crippen LogP contribution in [0.1, 0.15) is 0 Å². The first-order valence-corrected chi connectivity index (χ1v) is 9.62. The van der Waals surface area contributed by atoms with E-state index in [1.54, 1.807) is 29.7 Å². The minimum Gasteiger partial charge on any atom is -0.335 e. The summed E-state index contributed by atoms with van der Waals surface area (Å²) < 4.78 is 0. The molecule has 10 heteroatoms. The maximum absolute atomic E-state index is 12.1. The van der Waals surface area contributed by atoms with Gasteiger partial charge < -0.3 is 15.2 Å². The van der Waals surface area contributed by atoms with E-state index < -0.39 is 0 Å². The van der Waals surface area contributed by atoms with Crippen LogP contribution in [-0.2, 0) is 4.79 Å². The van der Waals surface area contributed by atoms with Crippen molar-refractivity contribution < 1.29 is 4.79 Å². The number of carbonyl (C=O) groups is 1. The maximum atomic E-state index is 12.1. The highest BCUT2D eigenvalue weighted by Crippen LogP contribution is 2.29. The number of imidazole rings is 1. The van der Waals surface area contributed by atoms with Gasteiger partial charge in [0, 0.05) is 29.7 Å². The van der Waals surface area contributed by atoms with Gasteiger partial charge in [-0.3, -0.25) is 14.9 Å². The number of aromatic amines is 2. The fraction of sp³-hybridized carbons (Fsp3) is 0.143. The van der Waals surface area contributed by atoms with E-state index in [0.29, 0.717) is 29.4 Å². The number of pyridine rings is 3. The van der Waals surface area contributed by atoms with Crippen molar-refractivity contribution in [3.05, 3.63) is 49.1 Å². The van der Waals surface area contributed by atoms with E-state index >= 15 is 0 Å². The first-order chi connectivity index (χ1) is 15.1. The molecule has 0 spiro atoms. The van der Waals surface area contributed by atoms with Crippen molar-refractivity contribution in [1.82, 2.24) is 40.0 Å². The number of nitrogens with one attached hydrogen (secondary N) is 3. The number of H-pyrrole nitrogens is 2. The van der Waals surface area contributed by atoms with E-state index in [1.165, 1.54) is 0 Å². The van der Waals surface area contributed by atoms with Crippen LogP contribution in [0, 0.1) is 0 Å². The fourth-order valence-electron chi connectivity index (χ4n) is 3.36. The Morgan fingerprint density at radius 1 is 1.10 bits per heavy atom. The van der Waals surface area contributed by atoms with Gasteiger partial charge >= 0.3 is 0 Å². The van der Waals surface area contributed by atoms with Gasteiger partial charge in [0.1, 0.15) is 5.69 Å². The van der Waals surface area contributed by atoms with E-state index in [9.17, 15) is 4.79 Å². The zero-order valence-corrected chi connectivity index (χ0v) is 16.9. The van der Waals surface area contributed by atoms with Crippen molar-refractivity contribution in [3.8, 4) is 22.6 Å². The lowest BCUT2D eigenvalue weighted by Gasteiger charge is -2.10. The smallest absolute Gasteiger partial charge is 0.238 e. The second kappa shape index (κ2) is 7.58. The van der Waals surface area contributed by atoms with Crippen LogP contribution in [0.2, 0.25) is 0 Å². The van der Waals surface area contributed by atoms with Gasteiger partial charge in [0.25, 0.3) is 0 Å². The minimum atomic E-state index is -0.104. The summed E-state index contributed by atoms with van der Waals surface area (Å²) in [5.74, 6) is 0.533. The SMILES string of the molecule is CN(C)CC(=O)Nc1cncc(-c2cnc3n[nH]c(-c4nc5ncccc5[nH]4)c3c2)c1. The number of amides is 1. The normalized spacial score (nSPS) is 11.5. The molecule has 5 rings (SSSR count). The summed E-state index contributed by atoms with van der Waals surface area (Å²) in [7, 11) is 3.69. The van der Waals surface area contributed by atoms with Crippen molar-refractivity contribution in [2.45, 2.75) is 0 Å². The highest BCUT2D eigenvalue weighted by Gasteiger charge is 2.15. The molecule has 5 aromatic rings. The number of anilines is 1. The molecule has 0 aliphatic rings. The molecule has 1 amide bonds. The van der Waals surface area contributed by atoms with E-state index in [-0.39, 0.29) is 5.91 Å². The summed E-state index contributed by atoms with van der Waals surface area (Å²) in [6.45, 7) is 0.294. The molecule has 0 aliphatic carbocycles. The molecule has 5 heterocycles. The van der Waals surface area contributed by atoms with Gasteiger partial charge in [-0.2, -0.15) is 5.10 Å². The maximum Gasteiger partial charge on any atom is 0.238 e. The number of aromatic nitrogens is 7. The highest BCUT2D eigenvalue weighted by atomic mass is 16.2. The van der Waals surface area contributed by atoms with Crippen molar-refractivity contribution >= 4 is 33.8 Å². The van der Waals surface area contributed by atoms with Crippen LogP contribution in [0.4, 0.5) is 5.69 Å². The van der Waals surface area contributed by atoms with Crippen molar-refractivity contribution in [3.63, 3.8) is 0 Å². The second-order valence-corrected chi connectivity index (χ2v) is 7.40. The standard InChI is InChI=1S/C21H19N9O/c1-30(2)11-17(31)25-14-6-12(8-22-10-14)13-7-15-18(28-29-19(15)24-9-13)21-26-16-4-3-5-23-20(16)27-21/h3-10H,11H2,1-2H3,(H,25,31)(H,23,26,27)(H,24,28,29). The van der Waals surface area contributed by atoms with Gasteiger partial charge in [0.2, 0.25) is 5.91 Å². The Balaban J connectivity index is 1.51. The summed E-state index contributed by atoms with van der Waals surface area (Å²) in [5.41, 5.74) is 5.09. The second-order valence-electron chi connectivity index (χ2n) is 7.40. The Morgan fingerprint density at radius 3 is 2.81 bits per heavy atom. The van der Waals surface area contributed by atoms with Gasteiger partial charge in [-0.05, 0) is 38.4 Å². The summed E-state index contributed by atoms with van der Waals surface area (Å²) in [6.07, 6.45) is 6.79. The summed E-state index contributed by atoms with van der Waals surface area (Å²) in [5, 5.41) is 11.0. The quantitative estimate of drug-likeness (QED) is 0.404. The van der Waals surface area contributed by atoms with Crippen LogP contribution in [0.15, 0.2) is 49.1 Å². The van der Waals surface area contributed by atoms with E-state index in [1.807, 2.05) is 38.4 Å². The Kier molecular flexibility index (Phi) is 4.60. The molecule has 10 nitrogen and oxygen atoms in total. The summed E-state index contributed by atoms with van der Waals surface area (Å²) >= 11 is 0. The number of fused-ring (bicyclic) bond motifs is 2. The third-order valence-electron chi connectivity index (χ3n) is 4.72. The zero-order valence-electron chi connectivity index (χ0n) is 16.9. The lowest BCUT2D eigenvalue weighted by molar-refractivity contribution is -0.116. The number of hydrogen-bond donors (Lipinski definition) is 3. The average molecular weight is 413 g/mol. The number of rotatable bonds is 5. The Labute approximate surface area is 176 Å². The molecule has 0 aliphatic heterocycles. The molecule has 0 fully saturated rings. The molecule has 154 valence electrons. The highest BCUT2D eigenvalue weighted by molar-refractivity contribution is 5.94. The Morgan fingerprint density at radius 2 is 1.97 bits per heavy atom. The van der Waals surface area contributed by atoms with Gasteiger partial charge in [0.05, 0.1) is 29.3 Å². The Hall–Kier alpha value is -4.18. The topological polar surface area (TPSA) is 128 Å². The number of carbonyl (C=O) groups excluding carboxylic acids is 1. The van der Waals surface area contributed by atoms with E-state index in [0.717, 1.165) is 27.7 Å². The van der Waals surface area contributed by atoms with Crippen molar-refractivity contribution in [2.24, 2.45) is 0 Å². The fourth-order valence-corrected chi connectivity index (χ4v) is 3.36. The van der Waals surface area contributed by atoms with Crippen molar-refractivity contribution in [2.75, 3.05) is 26.0 Å². The summed E-state index contributed by atoms with van der Waals surface area (Å²) in [6, 6.07) is 7.62. The molecule has 5 aromatic heterocycles. The predicted molar refractivity (Wildman–Crippen MR) is 117 cm³/mol. The van der Waals surface area contributed by atoms with Gasteiger partial charge in [-0.1, -0.05) is 0 Å². The number of nitrogens with zero attached hydrogens (tertiary/aromatic N) is 6. The van der Waals surface area contributed by atoms with E-state index in [4.69, 9.17) is 0 Å². The molecule has 0 saturated carbocycles. The lowest BCUT2D eigenvalue weighted by Crippen LogP contribution is -2.27. The van der Waals surface area contributed by atoms with Crippen LogP contribution >= 0.6 is 0 Å². The van der Waals surface area contributed by atoms with E-state index in [2.05, 4.69) is 40.4 Å². The minimum absolute atomic E-state index is 0.104. The van der Waals surface area contributed by atoms with Gasteiger partial charge in [-0.25, -0.2) is 15.0 Å². The molecule has 0 saturated heterocycles. The first kappa shape index (κ1) is 18.8. The van der Waals surface area contributed by atoms with Crippen LogP contribution in [0.3, 0.4) is 0 Å². The average Bonchev–Trinajstić information content (AvgIpc) is 3.36. The largest absolute Gasteiger partial charge is 0.335 e. The molecule has 0 aromatic carbocycles. The van der Waals surface area contributed by atoms with Crippen LogP contribution in [-0.4, -0.2) is 66.6 Å². The third-order valence-corrected chi connectivity index (χ3v) is 4.72. The van der Waals surface area contributed by atoms with Crippen LogP contribution < -0.4 is 5.32 Å². The van der Waals surface area contributed by atoms with Crippen molar-refractivity contribution in [1.29, 1.82) is 0 Å². The zero-order chi connectivity index (χ0) is 21.4. The molecule has 0 bridgehead atoms. The van der Waals surface area contributed by atoms with Gasteiger partial charge in [0.15, 0.2) is 17.1 Å². The lowest BCUT2D eigenvalue weighted by atomic mass is 10.1. The monoisotopic (exact) mass is 413 g/mol. The molecule has 3 N–H and O–H groups in total. The Bertz CT molecular complexity index is 1370. The molecule has 31 heavy (non-hydrogen) atoms.